The van der Waals surface area contributed by atoms with E-state index < -0.39 is 17.9 Å². The van der Waals surface area contributed by atoms with Crippen LogP contribution in [0.25, 0.3) is 0 Å². The van der Waals surface area contributed by atoms with Crippen LogP contribution in [0.2, 0.25) is 0 Å². The van der Waals surface area contributed by atoms with Crippen molar-refractivity contribution in [2.75, 3.05) is 26.7 Å². The highest BCUT2D eigenvalue weighted by Crippen LogP contribution is 2.41. The molecule has 0 aromatic carbocycles. The maximum atomic E-state index is 11.1. The van der Waals surface area contributed by atoms with E-state index in [1.807, 2.05) is 0 Å². The third-order valence-corrected chi connectivity index (χ3v) is 3.51. The fourth-order valence-electron chi connectivity index (χ4n) is 2.72. The van der Waals surface area contributed by atoms with Crippen LogP contribution in [0.5, 0.6) is 0 Å². The van der Waals surface area contributed by atoms with Gasteiger partial charge in [-0.2, -0.15) is 0 Å². The quantitative estimate of drug-likeness (QED) is 0.677. The van der Waals surface area contributed by atoms with Crippen LogP contribution in [0.3, 0.4) is 0 Å². The molecule has 0 radical (unpaired) electrons. The molecular formula is C9H14N2O5. The molecule has 0 spiro atoms. The number of ether oxygens (including phenoxy) is 1. The van der Waals surface area contributed by atoms with E-state index in [9.17, 15) is 9.59 Å². The van der Waals surface area contributed by atoms with Crippen molar-refractivity contribution in [3.63, 3.8) is 0 Å². The summed E-state index contributed by atoms with van der Waals surface area (Å²) in [6.45, 7) is 0.837. The molecule has 2 unspecified atom stereocenters. The Morgan fingerprint density at radius 1 is 1.38 bits per heavy atom. The lowest BCUT2D eigenvalue weighted by molar-refractivity contribution is -0.106. The van der Waals surface area contributed by atoms with Crippen molar-refractivity contribution in [3.05, 3.63) is 0 Å². The topological polar surface area (TPSA) is 90.3 Å². The van der Waals surface area contributed by atoms with Crippen LogP contribution in [0.15, 0.2) is 0 Å². The average Bonchev–Trinajstić information content (AvgIpc) is 2.70. The molecule has 2 atom stereocenters. The van der Waals surface area contributed by atoms with Gasteiger partial charge in [-0.1, -0.05) is 0 Å². The van der Waals surface area contributed by atoms with Crippen LogP contribution in [0.1, 0.15) is 6.42 Å². The van der Waals surface area contributed by atoms with Gasteiger partial charge in [-0.25, -0.2) is 9.59 Å². The van der Waals surface area contributed by atoms with Gasteiger partial charge in [0.15, 0.2) is 5.72 Å². The van der Waals surface area contributed by atoms with E-state index >= 15 is 0 Å². The molecule has 2 rings (SSSR count). The molecule has 2 amide bonds. The van der Waals surface area contributed by atoms with E-state index in [1.54, 1.807) is 0 Å². The monoisotopic (exact) mass is 230 g/mol. The zero-order valence-corrected chi connectivity index (χ0v) is 8.92. The molecule has 2 N–H and O–H groups in total. The normalized spacial score (nSPS) is 32.9. The Morgan fingerprint density at radius 3 is 2.56 bits per heavy atom. The number of hydrogen-bond acceptors (Lipinski definition) is 3. The zero-order chi connectivity index (χ0) is 11.9. The smallest absolute Gasteiger partial charge is 0.409 e. The maximum absolute atomic E-state index is 11.1. The number of rotatable bonds is 1. The Hall–Kier alpha value is -1.50. The molecule has 2 saturated heterocycles. The molecular weight excluding hydrogens is 216 g/mol. The van der Waals surface area contributed by atoms with Gasteiger partial charge in [0.05, 0.1) is 6.54 Å². The summed E-state index contributed by atoms with van der Waals surface area (Å²) in [7, 11) is 1.43. The number of likely N-dealkylation sites (tertiary alicyclic amines) is 2. The summed E-state index contributed by atoms with van der Waals surface area (Å²) in [4.78, 5) is 24.4. The molecule has 2 aliphatic heterocycles. The number of fused-ring (bicyclic) bond motifs is 1. The van der Waals surface area contributed by atoms with E-state index in [0.717, 1.165) is 0 Å². The highest BCUT2D eigenvalue weighted by molar-refractivity contribution is 5.69. The molecule has 90 valence electrons. The van der Waals surface area contributed by atoms with Crippen LogP contribution in [0, 0.1) is 5.92 Å². The van der Waals surface area contributed by atoms with E-state index in [4.69, 9.17) is 14.9 Å². The molecule has 7 nitrogen and oxygen atoms in total. The SMILES string of the molecule is COC12CN(C(=O)O)CC1CCN2C(=O)O. The fourth-order valence-corrected chi connectivity index (χ4v) is 2.72. The molecule has 16 heavy (non-hydrogen) atoms. The third kappa shape index (κ3) is 1.31. The Morgan fingerprint density at radius 2 is 2.06 bits per heavy atom. The standard InChI is InChI=1S/C9H14N2O5/c1-16-9-5-10(7(12)13)4-6(9)2-3-11(9)8(14)15/h6H,2-5H2,1H3,(H,12,13)(H,14,15). The van der Waals surface area contributed by atoms with Crippen molar-refractivity contribution in [2.45, 2.75) is 12.1 Å². The first-order chi connectivity index (χ1) is 7.51. The van der Waals surface area contributed by atoms with Crippen LogP contribution < -0.4 is 0 Å². The summed E-state index contributed by atoms with van der Waals surface area (Å²) in [5.74, 6) is -0.0651. The molecule has 0 aliphatic carbocycles. The number of methoxy groups -OCH3 is 1. The van der Waals surface area contributed by atoms with Crippen LogP contribution >= 0.6 is 0 Å². The average molecular weight is 230 g/mol. The van der Waals surface area contributed by atoms with Crippen molar-refractivity contribution in [3.8, 4) is 0 Å². The third-order valence-electron chi connectivity index (χ3n) is 3.51. The molecule has 0 bridgehead atoms. The second-order valence-corrected chi connectivity index (χ2v) is 4.13. The maximum Gasteiger partial charge on any atom is 0.409 e. The fraction of sp³-hybridized carbons (Fsp3) is 0.778. The van der Waals surface area contributed by atoms with Crippen LogP contribution in [0.4, 0.5) is 9.59 Å². The van der Waals surface area contributed by atoms with E-state index in [1.165, 1.54) is 16.9 Å². The summed E-state index contributed by atoms with van der Waals surface area (Å²) < 4.78 is 5.32. The highest BCUT2D eigenvalue weighted by Gasteiger charge is 2.58. The molecule has 7 heteroatoms. The molecule has 2 fully saturated rings. The van der Waals surface area contributed by atoms with Gasteiger partial charge >= 0.3 is 12.2 Å². The summed E-state index contributed by atoms with van der Waals surface area (Å²) in [6, 6.07) is 0. The molecule has 0 aromatic rings. The second-order valence-electron chi connectivity index (χ2n) is 4.13. The number of nitrogens with zero attached hydrogens (tertiary/aromatic N) is 2. The summed E-state index contributed by atoms with van der Waals surface area (Å²) in [5, 5.41) is 18.0. The second kappa shape index (κ2) is 3.51. The molecule has 2 heterocycles. The van der Waals surface area contributed by atoms with Gasteiger partial charge in [-0.15, -0.1) is 0 Å². The van der Waals surface area contributed by atoms with Crippen molar-refractivity contribution >= 4 is 12.2 Å². The van der Waals surface area contributed by atoms with Crippen LogP contribution in [-0.4, -0.2) is 64.7 Å². The van der Waals surface area contributed by atoms with E-state index in [-0.39, 0.29) is 12.5 Å². The van der Waals surface area contributed by atoms with Crippen molar-refractivity contribution < 1.29 is 24.5 Å². The Balaban J connectivity index is 2.26. The lowest BCUT2D eigenvalue weighted by Crippen LogP contribution is -2.53. The van der Waals surface area contributed by atoms with Crippen molar-refractivity contribution in [2.24, 2.45) is 5.92 Å². The van der Waals surface area contributed by atoms with Gasteiger partial charge in [0.2, 0.25) is 0 Å². The van der Waals surface area contributed by atoms with Gasteiger partial charge < -0.3 is 19.8 Å². The van der Waals surface area contributed by atoms with E-state index in [0.29, 0.717) is 19.5 Å². The lowest BCUT2D eigenvalue weighted by Gasteiger charge is -2.34. The van der Waals surface area contributed by atoms with E-state index in [2.05, 4.69) is 0 Å². The summed E-state index contributed by atoms with van der Waals surface area (Å²) in [5.41, 5.74) is -0.982. The van der Waals surface area contributed by atoms with Crippen molar-refractivity contribution in [1.82, 2.24) is 9.80 Å². The van der Waals surface area contributed by atoms with Gasteiger partial charge in [0, 0.05) is 26.1 Å². The number of carboxylic acid groups (broad SMARTS) is 2. The van der Waals surface area contributed by atoms with Crippen LogP contribution in [-0.2, 0) is 4.74 Å². The van der Waals surface area contributed by atoms with Gasteiger partial charge in [0.1, 0.15) is 0 Å². The summed E-state index contributed by atoms with van der Waals surface area (Å²) >= 11 is 0. The lowest BCUT2D eigenvalue weighted by atomic mass is 10.0. The first-order valence-electron chi connectivity index (χ1n) is 5.05. The number of carbonyl (C=O) groups is 2. The number of hydrogen-bond donors (Lipinski definition) is 2. The predicted octanol–water partition coefficient (Wildman–Crippen LogP) is 0.323. The first-order valence-corrected chi connectivity index (χ1v) is 5.05. The molecule has 0 aromatic heterocycles. The largest absolute Gasteiger partial charge is 0.465 e. The molecule has 0 saturated carbocycles. The first kappa shape index (κ1) is 11.0. The van der Waals surface area contributed by atoms with Gasteiger partial charge in [-0.3, -0.25) is 4.90 Å². The molecule has 2 aliphatic rings. The zero-order valence-electron chi connectivity index (χ0n) is 8.92. The Bertz CT molecular complexity index is 334. The van der Waals surface area contributed by atoms with Gasteiger partial charge in [-0.05, 0) is 6.42 Å². The summed E-state index contributed by atoms with van der Waals surface area (Å²) in [6.07, 6.45) is -1.45. The predicted molar refractivity (Wildman–Crippen MR) is 52.2 cm³/mol. The minimum Gasteiger partial charge on any atom is -0.465 e. The van der Waals surface area contributed by atoms with Gasteiger partial charge in [0.25, 0.3) is 0 Å². The number of amides is 2. The minimum atomic E-state index is -1.06. The Labute approximate surface area is 92.2 Å². The van der Waals surface area contributed by atoms with Crippen molar-refractivity contribution in [1.29, 1.82) is 0 Å². The minimum absolute atomic E-state index is 0.0651. The Kier molecular flexibility index (Phi) is 2.42. The highest BCUT2D eigenvalue weighted by atomic mass is 16.5.